The number of carboxylic acid groups (broad SMARTS) is 1. The van der Waals surface area contributed by atoms with Crippen LogP contribution in [0.5, 0.6) is 5.75 Å². The molecule has 1 aromatic rings. The predicted octanol–water partition coefficient (Wildman–Crippen LogP) is 1.74. The molecule has 0 aliphatic carbocycles. The Balaban J connectivity index is 3.57. The zero-order valence-electron chi connectivity index (χ0n) is 11.6. The number of carbonyl (C=O) groups is 1. The Labute approximate surface area is 128 Å². The molecule has 2 N–H and O–H groups in total. The molecule has 1 rings (SSSR count). The van der Waals surface area contributed by atoms with Gasteiger partial charge in [-0.3, -0.25) is 0 Å². The van der Waals surface area contributed by atoms with Gasteiger partial charge < -0.3 is 9.84 Å². The number of terminal acetylenes is 1. The lowest BCUT2D eigenvalue weighted by Gasteiger charge is -2.21. The van der Waals surface area contributed by atoms with E-state index in [4.69, 9.17) is 27.9 Å². The molecule has 0 spiro atoms. The van der Waals surface area contributed by atoms with Crippen LogP contribution in [0.25, 0.3) is 0 Å². The van der Waals surface area contributed by atoms with Gasteiger partial charge >= 0.3 is 5.97 Å². The second kappa shape index (κ2) is 5.93. The monoisotopic (exact) mass is 331 g/mol. The van der Waals surface area contributed by atoms with Crippen molar-refractivity contribution in [3.8, 4) is 18.1 Å². The van der Waals surface area contributed by atoms with E-state index in [1.54, 1.807) is 0 Å². The summed E-state index contributed by atoms with van der Waals surface area (Å²) in [6.45, 7) is 2.97. The number of halogens is 1. The molecule has 0 aliphatic rings. The summed E-state index contributed by atoms with van der Waals surface area (Å²) in [6.07, 6.45) is 5.24. The molecule has 0 saturated heterocycles. The molecule has 0 unspecified atom stereocenters. The fourth-order valence-corrected chi connectivity index (χ4v) is 3.40. The number of aromatic carboxylic acids is 1. The van der Waals surface area contributed by atoms with Crippen molar-refractivity contribution in [2.75, 3.05) is 7.11 Å². The van der Waals surface area contributed by atoms with Gasteiger partial charge in [0.15, 0.2) is 5.75 Å². The van der Waals surface area contributed by atoms with Gasteiger partial charge in [0, 0.05) is 5.02 Å². The third kappa shape index (κ3) is 3.88. The minimum absolute atomic E-state index is 0.0490. The highest BCUT2D eigenvalue weighted by molar-refractivity contribution is 7.89. The Morgan fingerprint density at radius 3 is 2.48 bits per heavy atom. The average Bonchev–Trinajstić information content (AvgIpc) is 2.36. The molecule has 0 aliphatic heterocycles. The highest BCUT2D eigenvalue weighted by Gasteiger charge is 2.30. The maximum Gasteiger partial charge on any atom is 0.339 e. The summed E-state index contributed by atoms with van der Waals surface area (Å²) in [7, 11) is -2.95. The van der Waals surface area contributed by atoms with Crippen LogP contribution in [-0.4, -0.2) is 32.1 Å². The topological polar surface area (TPSA) is 92.7 Å². The number of ether oxygens (including phenoxy) is 1. The van der Waals surface area contributed by atoms with Crippen LogP contribution < -0.4 is 9.46 Å². The normalized spacial score (nSPS) is 11.8. The lowest BCUT2D eigenvalue weighted by Crippen LogP contribution is -2.42. The maximum absolute atomic E-state index is 12.4. The number of hydrogen-bond donors (Lipinski definition) is 2. The largest absolute Gasteiger partial charge is 0.494 e. The first-order valence-corrected chi connectivity index (χ1v) is 7.53. The first-order chi connectivity index (χ1) is 9.54. The van der Waals surface area contributed by atoms with Gasteiger partial charge in [-0.25, -0.2) is 13.2 Å². The van der Waals surface area contributed by atoms with Gasteiger partial charge in [-0.15, -0.1) is 6.42 Å². The molecule has 0 heterocycles. The second-order valence-electron chi connectivity index (χ2n) is 4.66. The van der Waals surface area contributed by atoms with Gasteiger partial charge in [-0.2, -0.15) is 4.72 Å². The van der Waals surface area contributed by atoms with E-state index >= 15 is 0 Å². The predicted molar refractivity (Wildman–Crippen MR) is 78.2 cm³/mol. The van der Waals surface area contributed by atoms with Gasteiger partial charge in [-0.05, 0) is 26.0 Å². The third-order valence-corrected chi connectivity index (χ3v) is 4.37. The molecule has 0 fully saturated rings. The van der Waals surface area contributed by atoms with Crippen molar-refractivity contribution in [2.24, 2.45) is 0 Å². The molecule has 0 saturated carbocycles. The van der Waals surface area contributed by atoms with Crippen molar-refractivity contribution < 1.29 is 23.1 Å². The van der Waals surface area contributed by atoms with Crippen molar-refractivity contribution in [1.82, 2.24) is 4.72 Å². The highest BCUT2D eigenvalue weighted by atomic mass is 35.5. The zero-order valence-corrected chi connectivity index (χ0v) is 13.2. The van der Waals surface area contributed by atoms with Gasteiger partial charge in [0.2, 0.25) is 10.0 Å². The number of carboxylic acids is 1. The van der Waals surface area contributed by atoms with E-state index in [0.717, 1.165) is 12.1 Å². The molecule has 0 aromatic heterocycles. The van der Waals surface area contributed by atoms with Crippen LogP contribution in [0.15, 0.2) is 17.0 Å². The van der Waals surface area contributed by atoms with Crippen LogP contribution in [0.4, 0.5) is 0 Å². The minimum Gasteiger partial charge on any atom is -0.494 e. The third-order valence-electron chi connectivity index (χ3n) is 2.49. The Bertz CT molecular complexity index is 719. The van der Waals surface area contributed by atoms with Crippen molar-refractivity contribution in [2.45, 2.75) is 24.3 Å². The molecule has 0 radical (unpaired) electrons. The lowest BCUT2D eigenvalue weighted by atomic mass is 10.1. The number of rotatable bonds is 5. The number of nitrogens with one attached hydrogen (secondary N) is 1. The van der Waals surface area contributed by atoms with Crippen LogP contribution in [0.3, 0.4) is 0 Å². The molecule has 21 heavy (non-hydrogen) atoms. The van der Waals surface area contributed by atoms with Gasteiger partial charge in [0.1, 0.15) is 10.5 Å². The van der Waals surface area contributed by atoms with Crippen molar-refractivity contribution in [3.05, 3.63) is 22.7 Å². The Hall–Kier alpha value is -1.75. The van der Waals surface area contributed by atoms with E-state index < -0.39 is 26.4 Å². The Kier molecular flexibility index (Phi) is 4.89. The zero-order chi connectivity index (χ0) is 16.4. The maximum atomic E-state index is 12.4. The molecule has 0 bridgehead atoms. The van der Waals surface area contributed by atoms with Crippen molar-refractivity contribution in [3.63, 3.8) is 0 Å². The molecular formula is C13H14ClNO5S. The van der Waals surface area contributed by atoms with Gasteiger partial charge in [0.25, 0.3) is 0 Å². The standard InChI is InChI=1S/C13H14ClNO5S/c1-5-13(2,3)15-21(18,19)10-7-8(14)6-9(12(16)17)11(10)20-4/h1,6-7,15H,2-4H3,(H,16,17). The SMILES string of the molecule is C#CC(C)(C)NS(=O)(=O)c1cc(Cl)cc(C(=O)O)c1OC. The number of hydrogen-bond acceptors (Lipinski definition) is 4. The summed E-state index contributed by atoms with van der Waals surface area (Å²) < 4.78 is 31.9. The molecule has 0 atom stereocenters. The minimum atomic E-state index is -4.12. The number of benzene rings is 1. The molecule has 8 heteroatoms. The molecule has 1 aromatic carbocycles. The number of sulfonamides is 1. The van der Waals surface area contributed by atoms with Gasteiger partial charge in [-0.1, -0.05) is 17.5 Å². The van der Waals surface area contributed by atoms with E-state index in [-0.39, 0.29) is 16.3 Å². The van der Waals surface area contributed by atoms with E-state index in [9.17, 15) is 13.2 Å². The van der Waals surface area contributed by atoms with Crippen LogP contribution >= 0.6 is 11.6 Å². The van der Waals surface area contributed by atoms with E-state index in [2.05, 4.69) is 10.6 Å². The second-order valence-corrected chi connectivity index (χ2v) is 6.75. The first kappa shape index (κ1) is 17.3. The Morgan fingerprint density at radius 2 is 2.05 bits per heavy atom. The molecule has 6 nitrogen and oxygen atoms in total. The van der Waals surface area contributed by atoms with E-state index in [0.29, 0.717) is 0 Å². The highest BCUT2D eigenvalue weighted by Crippen LogP contribution is 2.32. The van der Waals surface area contributed by atoms with Crippen LogP contribution in [0, 0.1) is 12.3 Å². The quantitative estimate of drug-likeness (QED) is 0.802. The van der Waals surface area contributed by atoms with Gasteiger partial charge in [0.05, 0.1) is 12.6 Å². The summed E-state index contributed by atoms with van der Waals surface area (Å²) in [5.41, 5.74) is -1.51. The van der Waals surface area contributed by atoms with Crippen LogP contribution in [0.1, 0.15) is 24.2 Å². The molecule has 0 amide bonds. The van der Waals surface area contributed by atoms with E-state index in [1.807, 2.05) is 0 Å². The summed E-state index contributed by atoms with van der Waals surface area (Å²) in [5, 5.41) is 9.05. The van der Waals surface area contributed by atoms with Crippen molar-refractivity contribution in [1.29, 1.82) is 0 Å². The fourth-order valence-electron chi connectivity index (χ4n) is 1.56. The summed E-state index contributed by atoms with van der Waals surface area (Å²) in [5.74, 6) is 0.604. The summed E-state index contributed by atoms with van der Waals surface area (Å²) in [6, 6.07) is 2.20. The molecule has 114 valence electrons. The van der Waals surface area contributed by atoms with Crippen molar-refractivity contribution >= 4 is 27.6 Å². The van der Waals surface area contributed by atoms with Crippen LogP contribution in [-0.2, 0) is 10.0 Å². The average molecular weight is 332 g/mol. The summed E-state index contributed by atoms with van der Waals surface area (Å²) >= 11 is 5.78. The van der Waals surface area contributed by atoms with E-state index in [1.165, 1.54) is 21.0 Å². The summed E-state index contributed by atoms with van der Waals surface area (Å²) in [4.78, 5) is 10.8. The fraction of sp³-hybridized carbons (Fsp3) is 0.308. The first-order valence-electron chi connectivity index (χ1n) is 5.66. The van der Waals surface area contributed by atoms with Crippen LogP contribution in [0.2, 0.25) is 5.02 Å². The lowest BCUT2D eigenvalue weighted by molar-refractivity contribution is 0.0693. The number of methoxy groups -OCH3 is 1. The Morgan fingerprint density at radius 1 is 1.48 bits per heavy atom. The molecular weight excluding hydrogens is 318 g/mol. The smallest absolute Gasteiger partial charge is 0.339 e.